The summed E-state index contributed by atoms with van der Waals surface area (Å²) in [7, 11) is -0.174. The van der Waals surface area contributed by atoms with Crippen molar-refractivity contribution in [2.24, 2.45) is 0 Å². The Morgan fingerprint density at radius 3 is 2.39 bits per heavy atom. The number of hydrogen-bond donors (Lipinski definition) is 0. The normalized spacial score (nSPS) is 29.4. The van der Waals surface area contributed by atoms with Crippen LogP contribution in [0.25, 0.3) is 0 Å². The van der Waals surface area contributed by atoms with E-state index in [2.05, 4.69) is 45.5 Å². The molecule has 0 aliphatic carbocycles. The van der Waals surface area contributed by atoms with Crippen LogP contribution < -0.4 is 0 Å². The first-order chi connectivity index (χ1) is 8.34. The second-order valence-electron chi connectivity index (χ2n) is 6.48. The highest BCUT2D eigenvalue weighted by Crippen LogP contribution is 2.37. The summed E-state index contributed by atoms with van der Waals surface area (Å²) < 4.78 is 12.0. The molecule has 0 atom stereocenters. The van der Waals surface area contributed by atoms with Crippen LogP contribution in [-0.2, 0) is 9.31 Å². The first-order valence-corrected chi connectivity index (χ1v) is 7.11. The van der Waals surface area contributed by atoms with Crippen LogP contribution in [-0.4, -0.2) is 42.9 Å². The van der Waals surface area contributed by atoms with E-state index in [4.69, 9.17) is 9.31 Å². The molecule has 4 heteroatoms. The van der Waals surface area contributed by atoms with Crippen LogP contribution in [0.2, 0.25) is 0 Å². The van der Waals surface area contributed by atoms with Gasteiger partial charge in [-0.2, -0.15) is 0 Å². The van der Waals surface area contributed by atoms with Gasteiger partial charge in [-0.15, -0.1) is 0 Å². The van der Waals surface area contributed by atoms with E-state index in [0.29, 0.717) is 0 Å². The van der Waals surface area contributed by atoms with Crippen molar-refractivity contribution < 1.29 is 9.31 Å². The third-order valence-electron chi connectivity index (χ3n) is 4.36. The van der Waals surface area contributed by atoms with Crippen LogP contribution in [0.5, 0.6) is 0 Å². The van der Waals surface area contributed by atoms with Crippen molar-refractivity contribution in [3.05, 3.63) is 11.5 Å². The molecule has 102 valence electrons. The van der Waals surface area contributed by atoms with Gasteiger partial charge in [0.15, 0.2) is 0 Å². The molecule has 2 aliphatic heterocycles. The molecule has 0 aromatic heterocycles. The first kappa shape index (κ1) is 14.1. The van der Waals surface area contributed by atoms with Gasteiger partial charge in [-0.05, 0) is 47.1 Å². The Labute approximate surface area is 112 Å². The summed E-state index contributed by atoms with van der Waals surface area (Å²) in [6.07, 6.45) is 2.38. The van der Waals surface area contributed by atoms with Crippen molar-refractivity contribution in [2.45, 2.75) is 58.7 Å². The molecule has 2 aliphatic rings. The number of nitrogens with zero attached hydrogens (tertiary/aromatic N) is 1. The largest absolute Gasteiger partial charge is 0.487 e. The lowest BCUT2D eigenvalue weighted by Gasteiger charge is -2.32. The fourth-order valence-corrected chi connectivity index (χ4v) is 2.54. The van der Waals surface area contributed by atoms with E-state index in [1.165, 1.54) is 25.1 Å². The van der Waals surface area contributed by atoms with Gasteiger partial charge < -0.3 is 9.31 Å². The van der Waals surface area contributed by atoms with E-state index in [1.54, 1.807) is 0 Å². The van der Waals surface area contributed by atoms with Gasteiger partial charge >= 0.3 is 7.12 Å². The molecule has 0 bridgehead atoms. The zero-order valence-electron chi connectivity index (χ0n) is 12.5. The van der Waals surface area contributed by atoms with Gasteiger partial charge in [-0.1, -0.05) is 18.5 Å². The van der Waals surface area contributed by atoms with Crippen LogP contribution in [0.1, 0.15) is 47.5 Å². The lowest BCUT2D eigenvalue weighted by molar-refractivity contribution is 0.00578. The van der Waals surface area contributed by atoms with E-state index >= 15 is 0 Å². The molecule has 0 amide bonds. The van der Waals surface area contributed by atoms with Crippen molar-refractivity contribution in [1.82, 2.24) is 4.90 Å². The second kappa shape index (κ2) is 4.99. The minimum absolute atomic E-state index is 0.174. The molecule has 2 fully saturated rings. The summed E-state index contributed by atoms with van der Waals surface area (Å²) in [4.78, 5) is 2.50. The standard InChI is InChI=1S/C14H26BNO2/c1-6-8-16-9-7-12(11-16)10-15-17-13(2,3)14(4,5)18-15/h10H,6-9,11H2,1-5H3/b12-10+. The maximum absolute atomic E-state index is 6.00. The van der Waals surface area contributed by atoms with Crippen molar-refractivity contribution in [2.75, 3.05) is 19.6 Å². The molecule has 0 aromatic carbocycles. The SMILES string of the molecule is CCCN1CC/C(=C\B2OC(C)(C)C(C)(C)O2)C1. The van der Waals surface area contributed by atoms with E-state index in [-0.39, 0.29) is 18.3 Å². The number of likely N-dealkylation sites (tertiary alicyclic amines) is 1. The van der Waals surface area contributed by atoms with E-state index < -0.39 is 0 Å². The van der Waals surface area contributed by atoms with Crippen LogP contribution >= 0.6 is 0 Å². The van der Waals surface area contributed by atoms with Gasteiger partial charge in [-0.3, -0.25) is 4.90 Å². The lowest BCUT2D eigenvalue weighted by atomic mass is 9.87. The molecule has 18 heavy (non-hydrogen) atoms. The van der Waals surface area contributed by atoms with Crippen molar-refractivity contribution in [3.63, 3.8) is 0 Å². The van der Waals surface area contributed by atoms with Gasteiger partial charge in [0.1, 0.15) is 0 Å². The molecule has 2 rings (SSSR count). The third kappa shape index (κ3) is 2.81. The fraction of sp³-hybridized carbons (Fsp3) is 0.857. The minimum Gasteiger partial charge on any atom is -0.400 e. The monoisotopic (exact) mass is 251 g/mol. The summed E-state index contributed by atoms with van der Waals surface area (Å²) in [5.41, 5.74) is 1.01. The van der Waals surface area contributed by atoms with E-state index in [9.17, 15) is 0 Å². The molecule has 0 unspecified atom stereocenters. The predicted molar refractivity (Wildman–Crippen MR) is 75.5 cm³/mol. The maximum Gasteiger partial charge on any atom is 0.487 e. The van der Waals surface area contributed by atoms with Crippen LogP contribution in [0, 0.1) is 0 Å². The van der Waals surface area contributed by atoms with Crippen LogP contribution in [0.4, 0.5) is 0 Å². The zero-order chi connectivity index (χ0) is 13.4. The summed E-state index contributed by atoms with van der Waals surface area (Å²) in [5.74, 6) is 2.19. The van der Waals surface area contributed by atoms with Gasteiger partial charge in [0.05, 0.1) is 11.2 Å². The Kier molecular flexibility index (Phi) is 3.91. The van der Waals surface area contributed by atoms with Gasteiger partial charge in [-0.25, -0.2) is 0 Å². The fourth-order valence-electron chi connectivity index (χ4n) is 2.54. The molecule has 0 spiro atoms. The summed E-state index contributed by atoms with van der Waals surface area (Å²) in [5, 5.41) is 0. The third-order valence-corrected chi connectivity index (χ3v) is 4.36. The molecule has 3 nitrogen and oxygen atoms in total. The highest BCUT2D eigenvalue weighted by atomic mass is 16.7. The number of hydrogen-bond acceptors (Lipinski definition) is 3. The first-order valence-electron chi connectivity index (χ1n) is 7.11. The van der Waals surface area contributed by atoms with Gasteiger partial charge in [0.25, 0.3) is 0 Å². The van der Waals surface area contributed by atoms with Crippen LogP contribution in [0.3, 0.4) is 0 Å². The maximum atomic E-state index is 6.00. The Morgan fingerprint density at radius 1 is 1.22 bits per heavy atom. The minimum atomic E-state index is -0.226. The Balaban J connectivity index is 1.96. The van der Waals surface area contributed by atoms with Crippen molar-refractivity contribution in [3.8, 4) is 0 Å². The molecular formula is C14H26BNO2. The molecule has 0 saturated carbocycles. The highest BCUT2D eigenvalue weighted by molar-refractivity contribution is 6.51. The lowest BCUT2D eigenvalue weighted by Crippen LogP contribution is -2.41. The van der Waals surface area contributed by atoms with E-state index in [0.717, 1.165) is 13.0 Å². The van der Waals surface area contributed by atoms with E-state index in [1.807, 2.05) is 0 Å². The van der Waals surface area contributed by atoms with Crippen molar-refractivity contribution >= 4 is 7.12 Å². The molecule has 0 aromatic rings. The number of rotatable bonds is 3. The zero-order valence-corrected chi connectivity index (χ0v) is 12.5. The average molecular weight is 251 g/mol. The Hall–Kier alpha value is -0.315. The van der Waals surface area contributed by atoms with Gasteiger partial charge in [0, 0.05) is 13.1 Å². The Morgan fingerprint density at radius 2 is 1.83 bits per heavy atom. The predicted octanol–water partition coefficient (Wildman–Crippen LogP) is 2.66. The summed E-state index contributed by atoms with van der Waals surface area (Å²) in [6.45, 7) is 14.1. The molecule has 0 N–H and O–H groups in total. The van der Waals surface area contributed by atoms with Crippen LogP contribution in [0.15, 0.2) is 11.5 Å². The quantitative estimate of drug-likeness (QED) is 0.720. The second-order valence-corrected chi connectivity index (χ2v) is 6.48. The Bertz CT molecular complexity index is 323. The summed E-state index contributed by atoms with van der Waals surface area (Å²) >= 11 is 0. The molecule has 0 radical (unpaired) electrons. The molecule has 2 saturated heterocycles. The molecule has 2 heterocycles. The summed E-state index contributed by atoms with van der Waals surface area (Å²) in [6, 6.07) is 0. The smallest absolute Gasteiger partial charge is 0.400 e. The topological polar surface area (TPSA) is 21.7 Å². The highest BCUT2D eigenvalue weighted by Gasteiger charge is 2.50. The van der Waals surface area contributed by atoms with Crippen molar-refractivity contribution in [1.29, 1.82) is 0 Å². The average Bonchev–Trinajstić information content (AvgIpc) is 2.71. The van der Waals surface area contributed by atoms with Gasteiger partial charge in [0.2, 0.25) is 0 Å². The molecular weight excluding hydrogens is 225 g/mol.